The van der Waals surface area contributed by atoms with Crippen molar-refractivity contribution in [2.75, 3.05) is 31.5 Å². The zero-order chi connectivity index (χ0) is 27.9. The molecule has 1 fully saturated rings. The number of carbonyl (C=O) groups excluding carboxylic acids is 2. The van der Waals surface area contributed by atoms with Crippen LogP contribution in [0.3, 0.4) is 0 Å². The van der Waals surface area contributed by atoms with E-state index in [0.717, 1.165) is 11.1 Å². The van der Waals surface area contributed by atoms with Gasteiger partial charge in [0.05, 0.1) is 28.8 Å². The molecule has 39 heavy (non-hydrogen) atoms. The zero-order valence-electron chi connectivity index (χ0n) is 21.9. The Labute approximate surface area is 226 Å². The van der Waals surface area contributed by atoms with Crippen molar-refractivity contribution in [3.8, 4) is 23.8 Å². The number of nitriles is 2. The summed E-state index contributed by atoms with van der Waals surface area (Å²) < 4.78 is 6.24. The van der Waals surface area contributed by atoms with Crippen molar-refractivity contribution in [2.45, 2.75) is 20.8 Å². The van der Waals surface area contributed by atoms with Gasteiger partial charge < -0.3 is 19.9 Å². The summed E-state index contributed by atoms with van der Waals surface area (Å²) in [4.78, 5) is 36.8. The first-order chi connectivity index (χ1) is 18.8. The second kappa shape index (κ2) is 11.9. The topological polar surface area (TPSA) is 135 Å². The van der Waals surface area contributed by atoms with Gasteiger partial charge in [0.25, 0.3) is 0 Å². The predicted octanol–water partition coefficient (Wildman–Crippen LogP) is 4.08. The predicted molar refractivity (Wildman–Crippen MR) is 145 cm³/mol. The molecule has 4 rings (SSSR count). The second-order valence-corrected chi connectivity index (χ2v) is 9.09. The lowest BCUT2D eigenvalue weighted by Gasteiger charge is -2.33. The number of nitrogens with one attached hydrogen (secondary N) is 1. The molecule has 2 heterocycles. The summed E-state index contributed by atoms with van der Waals surface area (Å²) in [5, 5.41) is 21.4. The third-order valence-corrected chi connectivity index (χ3v) is 6.28. The molecule has 3 aromatic rings. The van der Waals surface area contributed by atoms with Crippen molar-refractivity contribution in [1.82, 2.24) is 19.8 Å². The largest absolute Gasteiger partial charge is 0.438 e. The maximum atomic E-state index is 12.8. The molecule has 0 bridgehead atoms. The minimum atomic E-state index is -0.185. The molecule has 1 aliphatic heterocycles. The lowest BCUT2D eigenvalue weighted by Crippen LogP contribution is -2.49. The number of aromatic nitrogens is 2. The highest BCUT2D eigenvalue weighted by molar-refractivity contribution is 5.92. The molecule has 2 aromatic carbocycles. The average Bonchev–Trinajstić information content (AvgIpc) is 2.94. The lowest BCUT2D eigenvalue weighted by atomic mass is 10.1. The Hall–Kier alpha value is -5.22. The van der Waals surface area contributed by atoms with E-state index in [0.29, 0.717) is 54.3 Å². The summed E-state index contributed by atoms with van der Waals surface area (Å²) in [6.07, 6.45) is 4.61. The van der Waals surface area contributed by atoms with E-state index in [2.05, 4.69) is 27.4 Å². The van der Waals surface area contributed by atoms with Crippen LogP contribution in [-0.2, 0) is 9.59 Å². The minimum absolute atomic E-state index is 0.000300. The number of benzene rings is 2. The fourth-order valence-electron chi connectivity index (χ4n) is 4.17. The first kappa shape index (κ1) is 26.8. The van der Waals surface area contributed by atoms with E-state index in [1.54, 1.807) is 58.5 Å². The first-order valence-corrected chi connectivity index (χ1v) is 12.3. The molecule has 196 valence electrons. The van der Waals surface area contributed by atoms with Gasteiger partial charge in [-0.1, -0.05) is 0 Å². The Bertz CT molecular complexity index is 1490. The maximum absolute atomic E-state index is 12.8. The van der Waals surface area contributed by atoms with Crippen LogP contribution >= 0.6 is 0 Å². The molecular weight excluding hydrogens is 494 g/mol. The number of amides is 2. The Morgan fingerprint density at radius 1 is 0.974 bits per heavy atom. The molecule has 1 N–H and O–H groups in total. The van der Waals surface area contributed by atoms with Crippen molar-refractivity contribution in [2.24, 2.45) is 0 Å². The van der Waals surface area contributed by atoms with Crippen molar-refractivity contribution < 1.29 is 14.3 Å². The summed E-state index contributed by atoms with van der Waals surface area (Å²) in [6, 6.07) is 14.5. The van der Waals surface area contributed by atoms with E-state index in [1.165, 1.54) is 13.0 Å². The number of hydrogen-bond acceptors (Lipinski definition) is 8. The van der Waals surface area contributed by atoms with Gasteiger partial charge in [-0.2, -0.15) is 15.5 Å². The third kappa shape index (κ3) is 6.56. The lowest BCUT2D eigenvalue weighted by molar-refractivity contribution is -0.135. The Morgan fingerprint density at radius 2 is 1.59 bits per heavy atom. The standard InChI is InChI=1S/C29H27N7O3/c1-19-14-23(17-31)15-20(2)27(19)39-28-24(6-9-26(38)36-12-10-35(11-13-36)21(3)37)18-32-29(34-28)33-25-7-4-22(16-30)5-8-25/h4-9,14-15,18H,10-13H2,1-3H3,(H,32,33,34)/b9-6+. The Morgan fingerprint density at radius 3 is 2.18 bits per heavy atom. The highest BCUT2D eigenvalue weighted by Gasteiger charge is 2.21. The molecule has 1 saturated heterocycles. The molecular formula is C29H27N7O3. The number of carbonyl (C=O) groups is 2. The highest BCUT2D eigenvalue weighted by atomic mass is 16.5. The van der Waals surface area contributed by atoms with E-state index in [1.807, 2.05) is 13.8 Å². The smallest absolute Gasteiger partial charge is 0.246 e. The van der Waals surface area contributed by atoms with Crippen LogP contribution in [0.4, 0.5) is 11.6 Å². The fourth-order valence-corrected chi connectivity index (χ4v) is 4.17. The SMILES string of the molecule is CC(=O)N1CCN(C(=O)/C=C/c2cnc(Nc3ccc(C#N)cc3)nc2Oc2c(C)cc(C#N)cc2C)CC1. The van der Waals surface area contributed by atoms with Gasteiger partial charge >= 0.3 is 0 Å². The number of ether oxygens (including phenoxy) is 1. The summed E-state index contributed by atoms with van der Waals surface area (Å²) in [5.74, 6) is 0.859. The minimum Gasteiger partial charge on any atom is -0.438 e. The van der Waals surface area contributed by atoms with E-state index in [9.17, 15) is 14.9 Å². The molecule has 1 aliphatic rings. The van der Waals surface area contributed by atoms with Crippen molar-refractivity contribution in [3.63, 3.8) is 0 Å². The summed E-state index contributed by atoms with van der Waals surface area (Å²) in [6.45, 7) is 7.13. The van der Waals surface area contributed by atoms with Gasteiger partial charge in [-0.15, -0.1) is 0 Å². The van der Waals surface area contributed by atoms with Crippen molar-refractivity contribution in [1.29, 1.82) is 10.5 Å². The number of hydrogen-bond donors (Lipinski definition) is 1. The number of rotatable bonds is 6. The normalized spacial score (nSPS) is 13.1. The van der Waals surface area contributed by atoms with Crippen LogP contribution in [0.5, 0.6) is 11.6 Å². The number of aryl methyl sites for hydroxylation is 2. The van der Waals surface area contributed by atoms with Gasteiger partial charge in [-0.25, -0.2) is 4.98 Å². The first-order valence-electron chi connectivity index (χ1n) is 12.3. The summed E-state index contributed by atoms with van der Waals surface area (Å²) >= 11 is 0. The fraction of sp³-hybridized carbons (Fsp3) is 0.241. The Kier molecular flexibility index (Phi) is 8.18. The van der Waals surface area contributed by atoms with E-state index < -0.39 is 0 Å². The molecule has 10 heteroatoms. The average molecular weight is 522 g/mol. The third-order valence-electron chi connectivity index (χ3n) is 6.28. The quantitative estimate of drug-likeness (QED) is 0.480. The van der Waals surface area contributed by atoms with Crippen LogP contribution in [0, 0.1) is 36.5 Å². The zero-order valence-corrected chi connectivity index (χ0v) is 21.9. The molecule has 0 unspecified atom stereocenters. The molecule has 1 aromatic heterocycles. The van der Waals surface area contributed by atoms with E-state index >= 15 is 0 Å². The van der Waals surface area contributed by atoms with E-state index in [4.69, 9.17) is 10.00 Å². The van der Waals surface area contributed by atoms with Crippen molar-refractivity contribution >= 4 is 29.5 Å². The number of nitrogens with zero attached hydrogens (tertiary/aromatic N) is 6. The van der Waals surface area contributed by atoms with Crippen LogP contribution in [0.2, 0.25) is 0 Å². The molecule has 0 atom stereocenters. The van der Waals surface area contributed by atoms with Crippen LogP contribution in [0.1, 0.15) is 34.7 Å². The van der Waals surface area contributed by atoms with Crippen molar-refractivity contribution in [3.05, 3.63) is 76.5 Å². The van der Waals surface area contributed by atoms with Gasteiger partial charge in [0, 0.05) is 51.1 Å². The second-order valence-electron chi connectivity index (χ2n) is 9.09. The summed E-state index contributed by atoms with van der Waals surface area (Å²) in [7, 11) is 0. The van der Waals surface area contributed by atoms with Gasteiger partial charge in [0.1, 0.15) is 5.75 Å². The number of anilines is 2. The molecule has 10 nitrogen and oxygen atoms in total. The molecule has 0 saturated carbocycles. The number of piperazine rings is 1. The van der Waals surface area contributed by atoms with Gasteiger partial charge in [0.2, 0.25) is 23.6 Å². The van der Waals surface area contributed by atoms with Gasteiger partial charge in [-0.3, -0.25) is 9.59 Å². The van der Waals surface area contributed by atoms with Crippen LogP contribution in [0.15, 0.2) is 48.7 Å². The monoisotopic (exact) mass is 521 g/mol. The van der Waals surface area contributed by atoms with Gasteiger partial charge in [0.15, 0.2) is 0 Å². The molecule has 0 radical (unpaired) electrons. The molecule has 0 spiro atoms. The van der Waals surface area contributed by atoms with Crippen LogP contribution < -0.4 is 10.1 Å². The Balaban J connectivity index is 1.61. The van der Waals surface area contributed by atoms with Crippen LogP contribution in [0.25, 0.3) is 6.08 Å². The van der Waals surface area contributed by atoms with E-state index in [-0.39, 0.29) is 23.6 Å². The highest BCUT2D eigenvalue weighted by Crippen LogP contribution is 2.32. The van der Waals surface area contributed by atoms with Crippen LogP contribution in [-0.4, -0.2) is 57.8 Å². The maximum Gasteiger partial charge on any atom is 0.246 e. The molecule has 2 amide bonds. The summed E-state index contributed by atoms with van der Waals surface area (Å²) in [5.41, 5.74) is 3.76. The van der Waals surface area contributed by atoms with Gasteiger partial charge in [-0.05, 0) is 67.4 Å². The molecule has 0 aliphatic carbocycles.